The van der Waals surface area contributed by atoms with Crippen LogP contribution in [0.5, 0.6) is 5.75 Å². The molecule has 1 unspecified atom stereocenters. The molecule has 1 N–H and O–H groups in total. The van der Waals surface area contributed by atoms with Crippen LogP contribution in [0.3, 0.4) is 0 Å². The number of nitrogens with one attached hydrogen (secondary N) is 1. The Morgan fingerprint density at radius 3 is 2.71 bits per heavy atom. The third-order valence-electron chi connectivity index (χ3n) is 3.53. The van der Waals surface area contributed by atoms with Gasteiger partial charge in [-0.1, -0.05) is 23.7 Å². The van der Waals surface area contributed by atoms with Gasteiger partial charge < -0.3 is 10.1 Å². The van der Waals surface area contributed by atoms with Gasteiger partial charge in [0.2, 0.25) is 0 Å². The normalized spacial score (nSPS) is 16.9. The zero-order chi connectivity index (χ0) is 14.8. The zero-order valence-electron chi connectivity index (χ0n) is 11.2. The van der Waals surface area contributed by atoms with Crippen LogP contribution in [0.2, 0.25) is 5.02 Å². The van der Waals surface area contributed by atoms with E-state index in [4.69, 9.17) is 11.6 Å². The molecular weight excluding hydrogens is 296 g/mol. The molecule has 0 radical (unpaired) electrons. The Balaban J connectivity index is 1.68. The van der Waals surface area contributed by atoms with Crippen molar-refractivity contribution >= 4 is 17.3 Å². The standard InChI is InChI=1S/C16H14ClF2NO/c17-12-5-4-10-7-14(8-11(10)6-12)20-13-2-1-3-15(9-13)21-16(18)19/h1-6,9,14,16,20H,7-8H2. The second kappa shape index (κ2) is 5.90. The second-order valence-corrected chi connectivity index (χ2v) is 5.51. The summed E-state index contributed by atoms with van der Waals surface area (Å²) < 4.78 is 28.8. The Bertz CT molecular complexity index is 648. The second-order valence-electron chi connectivity index (χ2n) is 5.07. The highest BCUT2D eigenvalue weighted by atomic mass is 35.5. The van der Waals surface area contributed by atoms with Crippen molar-refractivity contribution in [2.45, 2.75) is 25.5 Å². The maximum Gasteiger partial charge on any atom is 0.387 e. The molecule has 1 atom stereocenters. The molecule has 110 valence electrons. The first kappa shape index (κ1) is 14.1. The van der Waals surface area contributed by atoms with Gasteiger partial charge in [-0.2, -0.15) is 8.78 Å². The molecule has 3 rings (SSSR count). The molecule has 2 nitrogen and oxygen atoms in total. The molecule has 5 heteroatoms. The highest BCUT2D eigenvalue weighted by Gasteiger charge is 2.21. The summed E-state index contributed by atoms with van der Waals surface area (Å²) in [6, 6.07) is 12.8. The molecule has 1 aliphatic rings. The number of ether oxygens (including phenoxy) is 1. The third kappa shape index (κ3) is 3.45. The Kier molecular flexibility index (Phi) is 3.97. The molecule has 0 saturated carbocycles. The topological polar surface area (TPSA) is 21.3 Å². The SMILES string of the molecule is FC(F)Oc1cccc(NC2Cc3ccc(Cl)cc3C2)c1. The number of fused-ring (bicyclic) bond motifs is 1. The van der Waals surface area contributed by atoms with Gasteiger partial charge in [0.1, 0.15) is 5.75 Å². The molecule has 0 bridgehead atoms. The molecular formula is C16H14ClF2NO. The van der Waals surface area contributed by atoms with Crippen LogP contribution in [-0.4, -0.2) is 12.7 Å². The average Bonchev–Trinajstić information content (AvgIpc) is 2.79. The summed E-state index contributed by atoms with van der Waals surface area (Å²) in [5, 5.41) is 4.09. The Morgan fingerprint density at radius 1 is 1.10 bits per heavy atom. The zero-order valence-corrected chi connectivity index (χ0v) is 11.9. The van der Waals surface area contributed by atoms with Crippen molar-refractivity contribution < 1.29 is 13.5 Å². The van der Waals surface area contributed by atoms with Crippen LogP contribution in [0.25, 0.3) is 0 Å². The molecule has 0 fully saturated rings. The fourth-order valence-corrected chi connectivity index (χ4v) is 2.88. The highest BCUT2D eigenvalue weighted by Crippen LogP contribution is 2.28. The van der Waals surface area contributed by atoms with E-state index in [2.05, 4.69) is 10.1 Å². The minimum absolute atomic E-state index is 0.161. The van der Waals surface area contributed by atoms with Crippen molar-refractivity contribution in [3.05, 3.63) is 58.6 Å². The highest BCUT2D eigenvalue weighted by molar-refractivity contribution is 6.30. The van der Waals surface area contributed by atoms with Crippen molar-refractivity contribution in [2.75, 3.05) is 5.32 Å². The van der Waals surface area contributed by atoms with E-state index in [1.807, 2.05) is 24.3 Å². The van der Waals surface area contributed by atoms with Gasteiger partial charge in [-0.05, 0) is 48.2 Å². The first-order valence-electron chi connectivity index (χ1n) is 6.69. The van der Waals surface area contributed by atoms with Gasteiger partial charge in [-0.3, -0.25) is 0 Å². The summed E-state index contributed by atoms with van der Waals surface area (Å²) >= 11 is 5.99. The minimum atomic E-state index is -2.81. The summed E-state index contributed by atoms with van der Waals surface area (Å²) in [7, 11) is 0. The van der Waals surface area contributed by atoms with Crippen molar-refractivity contribution in [1.82, 2.24) is 0 Å². The molecule has 2 aromatic carbocycles. The number of alkyl halides is 2. The van der Waals surface area contributed by atoms with Crippen LogP contribution in [0.15, 0.2) is 42.5 Å². The largest absolute Gasteiger partial charge is 0.435 e. The maximum atomic E-state index is 12.2. The first-order valence-corrected chi connectivity index (χ1v) is 7.06. The number of benzene rings is 2. The molecule has 0 amide bonds. The lowest BCUT2D eigenvalue weighted by atomic mass is 10.1. The lowest BCUT2D eigenvalue weighted by Gasteiger charge is -2.14. The Hall–Kier alpha value is -1.81. The fourth-order valence-electron chi connectivity index (χ4n) is 2.69. The summed E-state index contributed by atoms with van der Waals surface area (Å²) in [5.74, 6) is 0.161. The number of halogens is 3. The maximum absolute atomic E-state index is 12.2. The van der Waals surface area contributed by atoms with Crippen LogP contribution < -0.4 is 10.1 Å². The van der Waals surface area contributed by atoms with Gasteiger partial charge in [0, 0.05) is 22.8 Å². The molecule has 0 aromatic heterocycles. The summed E-state index contributed by atoms with van der Waals surface area (Å²) in [6.07, 6.45) is 1.77. The third-order valence-corrected chi connectivity index (χ3v) is 3.77. The summed E-state index contributed by atoms with van der Waals surface area (Å²) in [5.41, 5.74) is 3.29. The molecule has 0 heterocycles. The van der Waals surface area contributed by atoms with Crippen molar-refractivity contribution in [3.8, 4) is 5.75 Å². The molecule has 2 aromatic rings. The van der Waals surface area contributed by atoms with Gasteiger partial charge in [0.05, 0.1) is 0 Å². The summed E-state index contributed by atoms with van der Waals surface area (Å²) in [6.45, 7) is -2.81. The quantitative estimate of drug-likeness (QED) is 0.896. The molecule has 0 aliphatic heterocycles. The molecule has 1 aliphatic carbocycles. The van der Waals surface area contributed by atoms with E-state index in [0.717, 1.165) is 23.6 Å². The van der Waals surface area contributed by atoms with Crippen molar-refractivity contribution in [1.29, 1.82) is 0 Å². The number of anilines is 1. The fraction of sp³-hybridized carbons (Fsp3) is 0.250. The predicted octanol–water partition coefficient (Wildman–Crippen LogP) is 4.52. The van der Waals surface area contributed by atoms with E-state index in [1.165, 1.54) is 17.2 Å². The Morgan fingerprint density at radius 2 is 1.90 bits per heavy atom. The number of rotatable bonds is 4. The molecule has 21 heavy (non-hydrogen) atoms. The average molecular weight is 310 g/mol. The van der Waals surface area contributed by atoms with Gasteiger partial charge in [0.25, 0.3) is 0 Å². The van der Waals surface area contributed by atoms with E-state index in [9.17, 15) is 8.78 Å². The number of hydrogen-bond acceptors (Lipinski definition) is 2. The predicted molar refractivity (Wildman–Crippen MR) is 79.3 cm³/mol. The summed E-state index contributed by atoms with van der Waals surface area (Å²) in [4.78, 5) is 0. The van der Waals surface area contributed by atoms with E-state index in [-0.39, 0.29) is 11.8 Å². The lowest BCUT2D eigenvalue weighted by Crippen LogP contribution is -2.19. The van der Waals surface area contributed by atoms with Gasteiger partial charge >= 0.3 is 6.61 Å². The van der Waals surface area contributed by atoms with Gasteiger partial charge in [-0.25, -0.2) is 0 Å². The van der Waals surface area contributed by atoms with Crippen LogP contribution in [0.4, 0.5) is 14.5 Å². The van der Waals surface area contributed by atoms with E-state index < -0.39 is 6.61 Å². The van der Waals surface area contributed by atoms with Crippen LogP contribution >= 0.6 is 11.6 Å². The van der Waals surface area contributed by atoms with E-state index in [0.29, 0.717) is 0 Å². The van der Waals surface area contributed by atoms with Crippen LogP contribution in [0, 0.1) is 0 Å². The van der Waals surface area contributed by atoms with Crippen LogP contribution in [0.1, 0.15) is 11.1 Å². The minimum Gasteiger partial charge on any atom is -0.435 e. The van der Waals surface area contributed by atoms with Gasteiger partial charge in [-0.15, -0.1) is 0 Å². The van der Waals surface area contributed by atoms with Crippen molar-refractivity contribution in [2.24, 2.45) is 0 Å². The first-order chi connectivity index (χ1) is 10.1. The Labute approximate surface area is 126 Å². The van der Waals surface area contributed by atoms with Crippen molar-refractivity contribution in [3.63, 3.8) is 0 Å². The van der Waals surface area contributed by atoms with Gasteiger partial charge in [0.15, 0.2) is 0 Å². The number of hydrogen-bond donors (Lipinski definition) is 1. The molecule has 0 spiro atoms. The monoisotopic (exact) mass is 309 g/mol. The smallest absolute Gasteiger partial charge is 0.387 e. The lowest BCUT2D eigenvalue weighted by molar-refractivity contribution is -0.0498. The van der Waals surface area contributed by atoms with E-state index in [1.54, 1.807) is 12.1 Å². The van der Waals surface area contributed by atoms with Crippen LogP contribution in [-0.2, 0) is 12.8 Å². The van der Waals surface area contributed by atoms with E-state index >= 15 is 0 Å². The molecule has 0 saturated heterocycles.